The van der Waals surface area contributed by atoms with E-state index in [1.807, 2.05) is 0 Å². The molecular weight excluding hydrogens is 194 g/mol. The second-order valence-corrected chi connectivity index (χ2v) is 4.33. The number of hydrogen-bond donors (Lipinski definition) is 1. The molecule has 1 saturated carbocycles. The van der Waals surface area contributed by atoms with Crippen molar-refractivity contribution in [2.45, 2.75) is 38.5 Å². The van der Waals surface area contributed by atoms with Gasteiger partial charge in [0.15, 0.2) is 0 Å². The first kappa shape index (κ1) is 12.0. The van der Waals surface area contributed by atoms with E-state index < -0.39 is 5.97 Å². The minimum absolute atomic E-state index is 0.0516. The van der Waals surface area contributed by atoms with E-state index in [2.05, 4.69) is 0 Å². The van der Waals surface area contributed by atoms with Gasteiger partial charge in [0.25, 0.3) is 0 Å². The molecule has 1 amide bonds. The maximum absolute atomic E-state index is 11.5. The molecule has 0 aromatic rings. The van der Waals surface area contributed by atoms with Gasteiger partial charge in [-0.1, -0.05) is 25.7 Å². The van der Waals surface area contributed by atoms with E-state index in [4.69, 9.17) is 5.11 Å². The van der Waals surface area contributed by atoms with Gasteiger partial charge in [-0.05, 0) is 12.3 Å². The lowest BCUT2D eigenvalue weighted by Gasteiger charge is -2.15. The Morgan fingerprint density at radius 1 is 1.33 bits per heavy atom. The number of carboxylic acid groups (broad SMARTS) is 1. The normalized spacial score (nSPS) is 16.6. The number of aliphatic carboxylic acids is 1. The summed E-state index contributed by atoms with van der Waals surface area (Å²) in [5.41, 5.74) is 0. The fraction of sp³-hybridized carbons (Fsp3) is 0.818. The van der Waals surface area contributed by atoms with Gasteiger partial charge < -0.3 is 10.0 Å². The largest absolute Gasteiger partial charge is 0.480 e. The molecule has 0 bridgehead atoms. The number of amides is 1. The minimum atomic E-state index is -0.952. The number of rotatable bonds is 5. The quantitative estimate of drug-likeness (QED) is 0.753. The van der Waals surface area contributed by atoms with Crippen LogP contribution in [0, 0.1) is 5.92 Å². The van der Waals surface area contributed by atoms with E-state index in [-0.39, 0.29) is 12.5 Å². The van der Waals surface area contributed by atoms with Gasteiger partial charge in [0.2, 0.25) is 5.91 Å². The van der Waals surface area contributed by atoms with Crippen molar-refractivity contribution in [2.24, 2.45) is 5.92 Å². The average Bonchev–Trinajstić information content (AvgIpc) is 2.65. The Labute approximate surface area is 90.3 Å². The molecule has 1 aliphatic carbocycles. The average molecular weight is 213 g/mol. The van der Waals surface area contributed by atoms with E-state index in [0.717, 1.165) is 6.42 Å². The maximum Gasteiger partial charge on any atom is 0.323 e. The summed E-state index contributed by atoms with van der Waals surface area (Å²) in [5, 5.41) is 8.52. The Kier molecular flexibility index (Phi) is 4.59. The number of hydrogen-bond acceptors (Lipinski definition) is 2. The molecule has 15 heavy (non-hydrogen) atoms. The Bertz CT molecular complexity index is 234. The molecule has 1 N–H and O–H groups in total. The predicted octanol–water partition coefficient (Wildman–Crippen LogP) is 1.50. The van der Waals surface area contributed by atoms with E-state index in [1.54, 1.807) is 7.05 Å². The zero-order valence-electron chi connectivity index (χ0n) is 9.24. The van der Waals surface area contributed by atoms with E-state index >= 15 is 0 Å². The predicted molar refractivity (Wildman–Crippen MR) is 56.5 cm³/mol. The first-order valence-electron chi connectivity index (χ1n) is 5.55. The molecule has 1 aliphatic rings. The summed E-state index contributed by atoms with van der Waals surface area (Å²) >= 11 is 0. The van der Waals surface area contributed by atoms with Gasteiger partial charge in [-0.3, -0.25) is 9.59 Å². The molecule has 0 unspecified atom stereocenters. The van der Waals surface area contributed by atoms with E-state index in [1.165, 1.54) is 30.6 Å². The fourth-order valence-electron chi connectivity index (χ4n) is 2.11. The van der Waals surface area contributed by atoms with Gasteiger partial charge in [0.1, 0.15) is 6.54 Å². The van der Waals surface area contributed by atoms with Crippen molar-refractivity contribution >= 4 is 11.9 Å². The molecule has 0 spiro atoms. The second kappa shape index (κ2) is 5.73. The number of carbonyl (C=O) groups is 2. The van der Waals surface area contributed by atoms with Crippen LogP contribution >= 0.6 is 0 Å². The first-order valence-corrected chi connectivity index (χ1v) is 5.55. The number of likely N-dealkylation sites (N-methyl/N-ethyl adjacent to an activating group) is 1. The Morgan fingerprint density at radius 3 is 2.47 bits per heavy atom. The van der Waals surface area contributed by atoms with Crippen molar-refractivity contribution in [2.75, 3.05) is 13.6 Å². The second-order valence-electron chi connectivity index (χ2n) is 4.33. The zero-order valence-corrected chi connectivity index (χ0v) is 9.24. The lowest BCUT2D eigenvalue weighted by molar-refractivity contribution is -0.143. The molecule has 1 rings (SSSR count). The molecule has 4 heteroatoms. The van der Waals surface area contributed by atoms with Crippen LogP contribution in [-0.4, -0.2) is 35.5 Å². The van der Waals surface area contributed by atoms with Gasteiger partial charge >= 0.3 is 5.97 Å². The molecule has 0 aromatic carbocycles. The van der Waals surface area contributed by atoms with Gasteiger partial charge in [-0.2, -0.15) is 0 Å². The van der Waals surface area contributed by atoms with Crippen molar-refractivity contribution in [1.82, 2.24) is 4.90 Å². The third-order valence-corrected chi connectivity index (χ3v) is 3.04. The van der Waals surface area contributed by atoms with Crippen LogP contribution in [0.15, 0.2) is 0 Å². The molecule has 0 saturated heterocycles. The molecule has 1 fully saturated rings. The number of carbonyl (C=O) groups excluding carboxylic acids is 1. The van der Waals surface area contributed by atoms with Crippen molar-refractivity contribution in [3.8, 4) is 0 Å². The molecule has 0 aromatic heterocycles. The molecule has 86 valence electrons. The summed E-state index contributed by atoms with van der Waals surface area (Å²) in [7, 11) is 1.55. The highest BCUT2D eigenvalue weighted by Crippen LogP contribution is 2.28. The van der Waals surface area contributed by atoms with Crippen LogP contribution in [0.3, 0.4) is 0 Å². The van der Waals surface area contributed by atoms with Crippen LogP contribution in [0.2, 0.25) is 0 Å². The highest BCUT2D eigenvalue weighted by molar-refractivity contribution is 5.80. The summed E-state index contributed by atoms with van der Waals surface area (Å²) in [6, 6.07) is 0. The van der Waals surface area contributed by atoms with Gasteiger partial charge in [0.05, 0.1) is 0 Å². The summed E-state index contributed by atoms with van der Waals surface area (Å²) in [6.07, 6.45) is 6.44. The topological polar surface area (TPSA) is 57.6 Å². The summed E-state index contributed by atoms with van der Waals surface area (Å²) in [6.45, 7) is -0.191. The molecule has 0 aliphatic heterocycles. The van der Waals surface area contributed by atoms with Crippen LogP contribution in [0.25, 0.3) is 0 Å². The Morgan fingerprint density at radius 2 is 1.93 bits per heavy atom. The van der Waals surface area contributed by atoms with Crippen molar-refractivity contribution in [3.63, 3.8) is 0 Å². The van der Waals surface area contributed by atoms with Crippen LogP contribution in [-0.2, 0) is 9.59 Å². The lowest BCUT2D eigenvalue weighted by atomic mass is 10.0. The highest BCUT2D eigenvalue weighted by atomic mass is 16.4. The SMILES string of the molecule is CN(CC(=O)O)C(=O)CCC1CCCC1. The third kappa shape index (κ3) is 4.32. The van der Waals surface area contributed by atoms with Crippen LogP contribution < -0.4 is 0 Å². The monoisotopic (exact) mass is 213 g/mol. The first-order chi connectivity index (χ1) is 7.09. The molecule has 0 radical (unpaired) electrons. The molecular formula is C11H19NO3. The fourth-order valence-corrected chi connectivity index (χ4v) is 2.11. The number of nitrogens with zero attached hydrogens (tertiary/aromatic N) is 1. The molecule has 0 heterocycles. The van der Waals surface area contributed by atoms with Crippen LogP contribution in [0.1, 0.15) is 38.5 Å². The Hall–Kier alpha value is -1.06. The summed E-state index contributed by atoms with van der Waals surface area (Å²) in [4.78, 5) is 23.2. The third-order valence-electron chi connectivity index (χ3n) is 3.04. The van der Waals surface area contributed by atoms with Crippen LogP contribution in [0.4, 0.5) is 0 Å². The van der Waals surface area contributed by atoms with E-state index in [9.17, 15) is 9.59 Å². The molecule has 0 atom stereocenters. The summed E-state index contributed by atoms with van der Waals surface area (Å²) < 4.78 is 0. The lowest BCUT2D eigenvalue weighted by Crippen LogP contribution is -2.31. The minimum Gasteiger partial charge on any atom is -0.480 e. The highest BCUT2D eigenvalue weighted by Gasteiger charge is 2.18. The zero-order chi connectivity index (χ0) is 11.3. The standard InChI is InChI=1S/C11H19NO3/c1-12(8-11(14)15)10(13)7-6-9-4-2-3-5-9/h9H,2-8H2,1H3,(H,14,15). The molecule has 4 nitrogen and oxygen atoms in total. The summed E-state index contributed by atoms with van der Waals surface area (Å²) in [5.74, 6) is -0.316. The van der Waals surface area contributed by atoms with Crippen molar-refractivity contribution in [3.05, 3.63) is 0 Å². The van der Waals surface area contributed by atoms with E-state index in [0.29, 0.717) is 12.3 Å². The maximum atomic E-state index is 11.5. The Balaban J connectivity index is 2.19. The smallest absolute Gasteiger partial charge is 0.323 e. The van der Waals surface area contributed by atoms with Gasteiger partial charge in [-0.15, -0.1) is 0 Å². The van der Waals surface area contributed by atoms with Crippen LogP contribution in [0.5, 0.6) is 0 Å². The van der Waals surface area contributed by atoms with Gasteiger partial charge in [-0.25, -0.2) is 0 Å². The van der Waals surface area contributed by atoms with Crippen molar-refractivity contribution < 1.29 is 14.7 Å². The van der Waals surface area contributed by atoms with Crippen molar-refractivity contribution in [1.29, 1.82) is 0 Å². The van der Waals surface area contributed by atoms with Gasteiger partial charge in [0, 0.05) is 13.5 Å². The number of carboxylic acids is 1.